The Bertz CT molecular complexity index is 822. The van der Waals surface area contributed by atoms with Gasteiger partial charge in [0.2, 0.25) is 0 Å². The van der Waals surface area contributed by atoms with E-state index in [9.17, 15) is 0 Å². The molecule has 3 aromatic rings. The van der Waals surface area contributed by atoms with E-state index in [0.717, 1.165) is 45.3 Å². The van der Waals surface area contributed by atoms with Gasteiger partial charge in [0.15, 0.2) is 0 Å². The maximum Gasteiger partial charge on any atom is 0.110 e. The SMILES string of the molecule is CCCn1nc2c3c(c(N)ccc31)Sc1ncccc1-2. The van der Waals surface area contributed by atoms with E-state index >= 15 is 0 Å². The van der Waals surface area contributed by atoms with E-state index in [1.807, 2.05) is 18.3 Å². The molecule has 20 heavy (non-hydrogen) atoms. The van der Waals surface area contributed by atoms with Crippen LogP contribution in [-0.2, 0) is 6.54 Å². The van der Waals surface area contributed by atoms with Crippen LogP contribution >= 0.6 is 11.8 Å². The molecular weight excluding hydrogens is 268 g/mol. The Morgan fingerprint density at radius 2 is 2.20 bits per heavy atom. The summed E-state index contributed by atoms with van der Waals surface area (Å²) in [6, 6.07) is 8.08. The second-order valence-corrected chi connectivity index (χ2v) is 5.91. The molecule has 1 aliphatic heterocycles. The first kappa shape index (κ1) is 11.8. The Morgan fingerprint density at radius 3 is 3.05 bits per heavy atom. The summed E-state index contributed by atoms with van der Waals surface area (Å²) in [6.07, 6.45) is 2.87. The van der Waals surface area contributed by atoms with Gasteiger partial charge in [-0.25, -0.2) is 4.98 Å². The van der Waals surface area contributed by atoms with Crippen molar-refractivity contribution < 1.29 is 0 Å². The molecule has 0 saturated carbocycles. The molecule has 0 saturated heterocycles. The smallest absolute Gasteiger partial charge is 0.110 e. The summed E-state index contributed by atoms with van der Waals surface area (Å²) in [5.74, 6) is 0. The number of hydrogen-bond donors (Lipinski definition) is 1. The van der Waals surface area contributed by atoms with Gasteiger partial charge in [0, 0.05) is 34.3 Å². The Morgan fingerprint density at radius 1 is 1.30 bits per heavy atom. The first-order valence-corrected chi connectivity index (χ1v) is 7.53. The normalized spacial score (nSPS) is 12.7. The lowest BCUT2D eigenvalue weighted by atomic mass is 10.1. The number of anilines is 1. The highest BCUT2D eigenvalue weighted by atomic mass is 32.2. The number of fused-ring (bicyclic) bond motifs is 2. The summed E-state index contributed by atoms with van der Waals surface area (Å²) in [5, 5.41) is 6.96. The van der Waals surface area contributed by atoms with Crippen molar-refractivity contribution in [1.29, 1.82) is 0 Å². The van der Waals surface area contributed by atoms with Crippen molar-refractivity contribution >= 4 is 28.4 Å². The summed E-state index contributed by atoms with van der Waals surface area (Å²) >= 11 is 1.64. The van der Waals surface area contributed by atoms with Crippen molar-refractivity contribution in [2.75, 3.05) is 5.73 Å². The molecule has 100 valence electrons. The van der Waals surface area contributed by atoms with Crippen LogP contribution in [0, 0.1) is 0 Å². The van der Waals surface area contributed by atoms with E-state index in [1.54, 1.807) is 11.8 Å². The molecule has 0 amide bonds. The molecule has 4 nitrogen and oxygen atoms in total. The second-order valence-electron chi connectivity index (χ2n) is 4.91. The van der Waals surface area contributed by atoms with E-state index in [0.29, 0.717) is 0 Å². The van der Waals surface area contributed by atoms with Crippen molar-refractivity contribution in [3.05, 3.63) is 30.5 Å². The number of hydrogen-bond acceptors (Lipinski definition) is 4. The quantitative estimate of drug-likeness (QED) is 0.571. The zero-order valence-electron chi connectivity index (χ0n) is 11.1. The van der Waals surface area contributed by atoms with Crippen LogP contribution < -0.4 is 5.73 Å². The van der Waals surface area contributed by atoms with Gasteiger partial charge in [0.1, 0.15) is 10.7 Å². The highest BCUT2D eigenvalue weighted by Crippen LogP contribution is 2.48. The summed E-state index contributed by atoms with van der Waals surface area (Å²) in [7, 11) is 0. The Hall–Kier alpha value is -2.01. The van der Waals surface area contributed by atoms with Crippen LogP contribution in [-0.4, -0.2) is 14.8 Å². The molecule has 1 aliphatic rings. The topological polar surface area (TPSA) is 56.7 Å². The number of aromatic nitrogens is 3. The standard InChI is InChI=1S/C15H14N4S/c1-2-8-19-11-6-5-10(16)14-12(11)13(18-19)9-4-3-7-17-15(9)20-14/h3-7H,2,8,16H2,1H3. The minimum atomic E-state index is 0.802. The molecule has 3 heterocycles. The highest BCUT2D eigenvalue weighted by Gasteiger charge is 2.25. The number of nitrogens with two attached hydrogens (primary N) is 1. The van der Waals surface area contributed by atoms with Crippen molar-refractivity contribution in [3.63, 3.8) is 0 Å². The molecule has 0 aliphatic carbocycles. The average molecular weight is 282 g/mol. The fourth-order valence-corrected chi connectivity index (χ4v) is 3.76. The maximum atomic E-state index is 6.15. The molecule has 0 fully saturated rings. The van der Waals surface area contributed by atoms with Crippen LogP contribution in [0.2, 0.25) is 0 Å². The largest absolute Gasteiger partial charge is 0.398 e. The monoisotopic (exact) mass is 282 g/mol. The fourth-order valence-electron chi connectivity index (χ4n) is 2.69. The van der Waals surface area contributed by atoms with E-state index < -0.39 is 0 Å². The summed E-state index contributed by atoms with van der Waals surface area (Å²) in [4.78, 5) is 5.55. The summed E-state index contributed by atoms with van der Waals surface area (Å²) in [6.45, 7) is 3.08. The molecule has 0 bridgehead atoms. The minimum Gasteiger partial charge on any atom is -0.398 e. The zero-order valence-corrected chi connectivity index (χ0v) is 11.9. The summed E-state index contributed by atoms with van der Waals surface area (Å²) < 4.78 is 2.08. The van der Waals surface area contributed by atoms with Crippen LogP contribution in [0.15, 0.2) is 40.4 Å². The van der Waals surface area contributed by atoms with Crippen LogP contribution in [0.4, 0.5) is 5.69 Å². The van der Waals surface area contributed by atoms with Crippen LogP contribution in [0.25, 0.3) is 22.2 Å². The third-order valence-electron chi connectivity index (χ3n) is 3.56. The van der Waals surface area contributed by atoms with Gasteiger partial charge >= 0.3 is 0 Å². The first-order chi connectivity index (χ1) is 9.79. The van der Waals surface area contributed by atoms with Crippen LogP contribution in [0.3, 0.4) is 0 Å². The van der Waals surface area contributed by atoms with Gasteiger partial charge in [-0.15, -0.1) is 0 Å². The maximum absolute atomic E-state index is 6.15. The zero-order chi connectivity index (χ0) is 13.7. The van der Waals surface area contributed by atoms with Gasteiger partial charge in [0.25, 0.3) is 0 Å². The van der Waals surface area contributed by atoms with Crippen molar-refractivity contribution in [2.24, 2.45) is 0 Å². The number of nitrogens with zero attached hydrogens (tertiary/aromatic N) is 3. The molecular formula is C15H14N4S. The van der Waals surface area contributed by atoms with Gasteiger partial charge in [-0.05, 0) is 30.7 Å². The van der Waals surface area contributed by atoms with Gasteiger partial charge in [-0.2, -0.15) is 5.10 Å². The van der Waals surface area contributed by atoms with E-state index in [2.05, 4.69) is 28.7 Å². The molecule has 2 aromatic heterocycles. The molecule has 4 rings (SSSR count). The first-order valence-electron chi connectivity index (χ1n) is 6.72. The van der Waals surface area contributed by atoms with Crippen LogP contribution in [0.1, 0.15) is 13.3 Å². The van der Waals surface area contributed by atoms with Gasteiger partial charge in [-0.1, -0.05) is 18.7 Å². The average Bonchev–Trinajstić information content (AvgIpc) is 2.83. The number of aryl methyl sites for hydroxylation is 1. The van der Waals surface area contributed by atoms with Crippen LogP contribution in [0.5, 0.6) is 0 Å². The molecule has 0 unspecified atom stereocenters. The van der Waals surface area contributed by atoms with Crippen molar-refractivity contribution in [1.82, 2.24) is 14.8 Å². The van der Waals surface area contributed by atoms with Crippen molar-refractivity contribution in [2.45, 2.75) is 29.8 Å². The number of benzene rings is 1. The Balaban J connectivity index is 2.12. The second kappa shape index (κ2) is 4.24. The van der Waals surface area contributed by atoms with E-state index in [4.69, 9.17) is 10.8 Å². The lowest BCUT2D eigenvalue weighted by Crippen LogP contribution is -1.98. The highest BCUT2D eigenvalue weighted by molar-refractivity contribution is 7.99. The Labute approximate surface area is 121 Å². The summed E-state index contributed by atoms with van der Waals surface area (Å²) in [5.41, 5.74) is 10.2. The third kappa shape index (κ3) is 1.50. The molecule has 0 spiro atoms. The lowest BCUT2D eigenvalue weighted by Gasteiger charge is -2.15. The third-order valence-corrected chi connectivity index (χ3v) is 4.72. The van der Waals surface area contributed by atoms with Crippen molar-refractivity contribution in [3.8, 4) is 11.3 Å². The van der Waals surface area contributed by atoms with Gasteiger partial charge in [-0.3, -0.25) is 4.68 Å². The van der Waals surface area contributed by atoms with E-state index in [-0.39, 0.29) is 0 Å². The molecule has 2 N–H and O–H groups in total. The minimum absolute atomic E-state index is 0.802. The predicted octanol–water partition coefficient (Wildman–Crippen LogP) is 3.56. The molecule has 0 atom stereocenters. The fraction of sp³-hybridized carbons (Fsp3) is 0.200. The van der Waals surface area contributed by atoms with Gasteiger partial charge in [0.05, 0.1) is 5.52 Å². The molecule has 1 aromatic carbocycles. The number of nitrogen functional groups attached to an aromatic ring is 1. The predicted molar refractivity (Wildman–Crippen MR) is 81.8 cm³/mol. The van der Waals surface area contributed by atoms with E-state index in [1.165, 1.54) is 5.39 Å². The van der Waals surface area contributed by atoms with Gasteiger partial charge < -0.3 is 5.73 Å². The molecule has 5 heteroatoms. The number of pyridine rings is 1. The Kier molecular flexibility index (Phi) is 2.50. The molecule has 0 radical (unpaired) electrons. The lowest BCUT2D eigenvalue weighted by molar-refractivity contribution is 0.624. The number of rotatable bonds is 2.